The van der Waals surface area contributed by atoms with Gasteiger partial charge in [-0.25, -0.2) is 19.9 Å². The van der Waals surface area contributed by atoms with Crippen molar-refractivity contribution in [1.29, 1.82) is 0 Å². The van der Waals surface area contributed by atoms with Crippen molar-refractivity contribution in [2.24, 2.45) is 0 Å². The van der Waals surface area contributed by atoms with Crippen molar-refractivity contribution in [2.75, 3.05) is 0 Å². The molecule has 8 heteroatoms. The van der Waals surface area contributed by atoms with Crippen molar-refractivity contribution in [3.63, 3.8) is 0 Å². The Bertz CT molecular complexity index is 4820. The van der Waals surface area contributed by atoms with Gasteiger partial charge in [0.2, 0.25) is 5.95 Å². The molecular weight excluding hydrogens is 989 g/mol. The maximum atomic E-state index is 5.65. The lowest BCUT2D eigenvalue weighted by Gasteiger charge is -2.33. The van der Waals surface area contributed by atoms with E-state index in [2.05, 4.69) is 234 Å². The van der Waals surface area contributed by atoms with E-state index in [1.54, 1.807) is 0 Å². The van der Waals surface area contributed by atoms with Crippen LogP contribution in [0.25, 0.3) is 123 Å². The summed E-state index contributed by atoms with van der Waals surface area (Å²) in [4.78, 5) is 32.4. The average molecular weight is 1040 g/mol. The smallest absolute Gasteiger partial charge is 0.238 e. The number of para-hydroxylation sites is 3. The number of fused-ring (bicyclic) bond motifs is 10. The van der Waals surface area contributed by atoms with Gasteiger partial charge in [-0.3, -0.25) is 4.57 Å². The van der Waals surface area contributed by atoms with Gasteiger partial charge >= 0.3 is 0 Å². The summed E-state index contributed by atoms with van der Waals surface area (Å²) in [7, 11) is 0. The topological polar surface area (TPSA) is 87.2 Å². The molecule has 8 nitrogen and oxygen atoms in total. The van der Waals surface area contributed by atoms with Crippen molar-refractivity contribution >= 4 is 43.6 Å². The van der Waals surface area contributed by atoms with E-state index >= 15 is 0 Å². The monoisotopic (exact) mass is 1030 g/mol. The fraction of sp³-hybridized carbons (Fsp3) is 0.0137. The molecule has 0 bridgehead atoms. The molecule has 81 heavy (non-hydrogen) atoms. The fourth-order valence-corrected chi connectivity index (χ4v) is 12.7. The summed E-state index contributed by atoms with van der Waals surface area (Å²) in [5, 5.41) is 4.33. The van der Waals surface area contributed by atoms with Crippen LogP contribution in [0.4, 0.5) is 0 Å². The molecule has 0 spiro atoms. The first-order chi connectivity index (χ1) is 40.2. The highest BCUT2D eigenvalue weighted by Crippen LogP contribution is 2.58. The van der Waals surface area contributed by atoms with E-state index < -0.39 is 5.41 Å². The van der Waals surface area contributed by atoms with Crippen LogP contribution in [0.1, 0.15) is 22.3 Å². The second-order valence-corrected chi connectivity index (χ2v) is 20.5. The summed E-state index contributed by atoms with van der Waals surface area (Å²) < 4.78 is 4.63. The molecule has 0 saturated heterocycles. The Labute approximate surface area is 466 Å². The van der Waals surface area contributed by atoms with Crippen LogP contribution >= 0.6 is 0 Å². The first kappa shape index (κ1) is 46.2. The van der Waals surface area contributed by atoms with Crippen LogP contribution in [0, 0.1) is 0 Å². The first-order valence-electron chi connectivity index (χ1n) is 27.3. The molecule has 0 fully saturated rings. The molecule has 15 aromatic rings. The summed E-state index contributed by atoms with van der Waals surface area (Å²) in [5.74, 6) is 3.40. The Morgan fingerprint density at radius 2 is 0.654 bits per heavy atom. The summed E-state index contributed by atoms with van der Waals surface area (Å²) >= 11 is 0. The van der Waals surface area contributed by atoms with Crippen LogP contribution in [0.15, 0.2) is 279 Å². The van der Waals surface area contributed by atoms with Crippen molar-refractivity contribution in [1.82, 2.24) is 39.0 Å². The number of nitrogens with zero attached hydrogens (tertiary/aromatic N) is 8. The molecule has 11 aromatic carbocycles. The summed E-state index contributed by atoms with van der Waals surface area (Å²) in [6.45, 7) is 0. The molecule has 1 aliphatic carbocycles. The maximum absolute atomic E-state index is 5.65. The Morgan fingerprint density at radius 1 is 0.259 bits per heavy atom. The molecule has 0 radical (unpaired) electrons. The zero-order valence-electron chi connectivity index (χ0n) is 43.6. The molecule has 1 aliphatic rings. The lowest BCUT2D eigenvalue weighted by Crippen LogP contribution is -2.28. The molecule has 0 unspecified atom stereocenters. The maximum Gasteiger partial charge on any atom is 0.238 e. The van der Waals surface area contributed by atoms with Gasteiger partial charge in [0.05, 0.1) is 33.2 Å². The standard InChI is InChI=1S/C73H46N8/c1-6-25-47(26-7-1)67-75-70(77-71(76-67)58-39-24-41-60-64(58)56-37-16-20-40-59(56)73(60,50-31-12-4-13-32-50)51-33-14-5-15-34-51)57-38-19-23-44-63(57)80-61-42-21-17-35-52(61)54-45-46-55-53-36-18-22-43-62(53)81(66(55)65(54)80)72-78-68(48-27-8-2-9-28-48)74-69(79-72)49-29-10-3-11-30-49/h1-46H. The molecule has 16 rings (SSSR count). The number of aromatic nitrogens is 8. The minimum absolute atomic E-state index is 0.515. The van der Waals surface area contributed by atoms with Crippen LogP contribution in [-0.2, 0) is 5.41 Å². The molecule has 4 heterocycles. The van der Waals surface area contributed by atoms with Gasteiger partial charge in [0.1, 0.15) is 0 Å². The third-order valence-corrected chi connectivity index (χ3v) is 16.1. The molecule has 0 N–H and O–H groups in total. The molecule has 378 valence electrons. The van der Waals surface area contributed by atoms with Gasteiger partial charge in [-0.2, -0.15) is 9.97 Å². The Morgan fingerprint density at radius 3 is 1.23 bits per heavy atom. The predicted octanol–water partition coefficient (Wildman–Crippen LogP) is 16.9. The van der Waals surface area contributed by atoms with Crippen LogP contribution in [0.3, 0.4) is 0 Å². The minimum Gasteiger partial charge on any atom is -0.306 e. The number of rotatable bonds is 9. The van der Waals surface area contributed by atoms with Gasteiger partial charge in [0.15, 0.2) is 29.1 Å². The largest absolute Gasteiger partial charge is 0.306 e. The van der Waals surface area contributed by atoms with Gasteiger partial charge in [0.25, 0.3) is 0 Å². The van der Waals surface area contributed by atoms with Crippen molar-refractivity contribution in [3.8, 4) is 79.7 Å². The van der Waals surface area contributed by atoms with E-state index in [-0.39, 0.29) is 0 Å². The lowest BCUT2D eigenvalue weighted by atomic mass is 9.67. The summed E-state index contributed by atoms with van der Waals surface area (Å²) in [6.07, 6.45) is 0. The van der Waals surface area contributed by atoms with Gasteiger partial charge in [-0.1, -0.05) is 255 Å². The van der Waals surface area contributed by atoms with E-state index in [9.17, 15) is 0 Å². The van der Waals surface area contributed by atoms with E-state index in [1.807, 2.05) is 54.6 Å². The van der Waals surface area contributed by atoms with Crippen molar-refractivity contribution in [3.05, 3.63) is 301 Å². The molecule has 0 aliphatic heterocycles. The van der Waals surface area contributed by atoms with Crippen LogP contribution in [-0.4, -0.2) is 39.0 Å². The Balaban J connectivity index is 0.975. The molecular formula is C73H46N8. The lowest BCUT2D eigenvalue weighted by molar-refractivity contribution is 0.768. The van der Waals surface area contributed by atoms with Crippen LogP contribution in [0.5, 0.6) is 0 Å². The second kappa shape index (κ2) is 18.6. The minimum atomic E-state index is -0.604. The molecule has 0 saturated carbocycles. The Hall–Kier alpha value is -11.0. The highest BCUT2D eigenvalue weighted by atomic mass is 15.2. The fourth-order valence-electron chi connectivity index (χ4n) is 12.7. The summed E-state index contributed by atoms with van der Waals surface area (Å²) in [6, 6.07) is 98.1. The van der Waals surface area contributed by atoms with Crippen LogP contribution < -0.4 is 0 Å². The zero-order valence-corrected chi connectivity index (χ0v) is 43.6. The van der Waals surface area contributed by atoms with Gasteiger partial charge in [-0.15, -0.1) is 0 Å². The van der Waals surface area contributed by atoms with E-state index in [4.69, 9.17) is 29.9 Å². The Kier molecular flexibility index (Phi) is 10.6. The van der Waals surface area contributed by atoms with E-state index in [0.29, 0.717) is 35.1 Å². The SMILES string of the molecule is c1ccc(-c2nc(-c3ccccc3-n3c4ccccc4c4ccc5c6ccccc6n(-c6nc(-c7ccccc7)nc(-c7ccccc7)n6)c5c43)nc(-c3cccc4c3-c3ccccc3C4(c3ccccc3)c3ccccc3)n2)cc1. The zero-order chi connectivity index (χ0) is 53.4. The predicted molar refractivity (Wildman–Crippen MR) is 326 cm³/mol. The number of hydrogen-bond donors (Lipinski definition) is 0. The van der Waals surface area contributed by atoms with E-state index in [0.717, 1.165) is 88.2 Å². The third-order valence-electron chi connectivity index (χ3n) is 16.1. The molecule has 4 aromatic heterocycles. The van der Waals surface area contributed by atoms with Crippen LogP contribution in [0.2, 0.25) is 0 Å². The molecule has 0 amide bonds. The quantitative estimate of drug-likeness (QED) is 0.143. The number of benzene rings is 11. The van der Waals surface area contributed by atoms with Gasteiger partial charge < -0.3 is 4.57 Å². The van der Waals surface area contributed by atoms with Crippen molar-refractivity contribution in [2.45, 2.75) is 5.41 Å². The highest BCUT2D eigenvalue weighted by molar-refractivity contribution is 6.24. The summed E-state index contributed by atoms with van der Waals surface area (Å²) in [5.41, 5.74) is 15.8. The van der Waals surface area contributed by atoms with Crippen molar-refractivity contribution < 1.29 is 0 Å². The van der Waals surface area contributed by atoms with Gasteiger partial charge in [0, 0.05) is 49.4 Å². The third kappa shape index (κ3) is 7.17. The first-order valence-corrected chi connectivity index (χ1v) is 27.3. The average Bonchev–Trinajstić information content (AvgIpc) is 4.31. The second-order valence-electron chi connectivity index (χ2n) is 20.5. The normalized spacial score (nSPS) is 12.5. The van der Waals surface area contributed by atoms with Gasteiger partial charge in [-0.05, 0) is 57.6 Å². The van der Waals surface area contributed by atoms with E-state index in [1.165, 1.54) is 22.3 Å². The number of hydrogen-bond acceptors (Lipinski definition) is 6. The highest BCUT2D eigenvalue weighted by Gasteiger charge is 2.47. The molecule has 0 atom stereocenters.